The molecule has 1 rings (SSSR count). The highest BCUT2D eigenvalue weighted by atomic mass is 16.2. The summed E-state index contributed by atoms with van der Waals surface area (Å²) in [5.41, 5.74) is 0.415. The Morgan fingerprint density at radius 1 is 1.45 bits per heavy atom. The molecule has 1 fully saturated rings. The van der Waals surface area contributed by atoms with Crippen molar-refractivity contribution < 1.29 is 4.79 Å². The van der Waals surface area contributed by atoms with Crippen LogP contribution in [0.4, 0.5) is 0 Å². The first kappa shape index (κ1) is 8.57. The number of hydrogen-bond donors (Lipinski definition) is 1. The molecule has 11 heavy (non-hydrogen) atoms. The van der Waals surface area contributed by atoms with Crippen molar-refractivity contribution in [3.8, 4) is 0 Å². The Balaban J connectivity index is 2.01. The first-order valence-corrected chi connectivity index (χ1v) is 4.29. The number of rotatable bonds is 3. The highest BCUT2D eigenvalue weighted by Crippen LogP contribution is 2.23. The molecule has 1 heterocycles. The molecule has 1 aliphatic rings. The van der Waals surface area contributed by atoms with Crippen molar-refractivity contribution in [1.82, 2.24) is 5.32 Å². The predicted octanol–water partition coefficient (Wildman–Crippen LogP) is 1.70. The zero-order chi connectivity index (χ0) is 8.48. The Morgan fingerprint density at radius 3 is 2.36 bits per heavy atom. The van der Waals surface area contributed by atoms with E-state index in [1.165, 1.54) is 6.42 Å². The summed E-state index contributed by atoms with van der Waals surface area (Å²) in [7, 11) is 0. The molecule has 0 radical (unpaired) electrons. The minimum Gasteiger partial charge on any atom is -0.343 e. The maximum absolute atomic E-state index is 10.5. The van der Waals surface area contributed by atoms with Crippen molar-refractivity contribution in [2.45, 2.75) is 46.1 Å². The third kappa shape index (κ3) is 3.40. The minimum atomic E-state index is 0.206. The zero-order valence-corrected chi connectivity index (χ0v) is 7.61. The minimum absolute atomic E-state index is 0.206. The molecule has 1 amide bonds. The van der Waals surface area contributed by atoms with Gasteiger partial charge in [-0.3, -0.25) is 4.79 Å². The van der Waals surface area contributed by atoms with Gasteiger partial charge in [-0.05, 0) is 18.3 Å². The van der Waals surface area contributed by atoms with Crippen LogP contribution in [-0.4, -0.2) is 11.9 Å². The van der Waals surface area contributed by atoms with Crippen LogP contribution >= 0.6 is 0 Å². The highest BCUT2D eigenvalue weighted by molar-refractivity contribution is 5.96. The summed E-state index contributed by atoms with van der Waals surface area (Å²) in [6.07, 6.45) is 3.39. The van der Waals surface area contributed by atoms with E-state index >= 15 is 0 Å². The monoisotopic (exact) mass is 155 g/mol. The second-order valence-electron chi connectivity index (χ2n) is 4.51. The van der Waals surface area contributed by atoms with Crippen LogP contribution in [0, 0.1) is 5.41 Å². The smallest absolute Gasteiger partial charge is 0.243 e. The standard InChI is InChI=1S/C9H17NO/c1-9(2,3)6-4-5-7-8(11)10-7/h7H,4-6H2,1-3H3,(H,10,11). The summed E-state index contributed by atoms with van der Waals surface area (Å²) in [5.74, 6) is 0.235. The molecule has 1 saturated heterocycles. The van der Waals surface area contributed by atoms with E-state index in [2.05, 4.69) is 26.1 Å². The van der Waals surface area contributed by atoms with Gasteiger partial charge in [-0.2, -0.15) is 0 Å². The largest absolute Gasteiger partial charge is 0.343 e. The topological polar surface area (TPSA) is 39.0 Å². The Hall–Kier alpha value is -0.530. The van der Waals surface area contributed by atoms with Gasteiger partial charge < -0.3 is 5.32 Å². The van der Waals surface area contributed by atoms with E-state index in [-0.39, 0.29) is 11.9 Å². The summed E-state index contributed by atoms with van der Waals surface area (Å²) >= 11 is 0. The first-order valence-electron chi connectivity index (χ1n) is 4.29. The Bertz CT molecular complexity index is 157. The maximum Gasteiger partial charge on any atom is 0.243 e. The van der Waals surface area contributed by atoms with Gasteiger partial charge in [0.2, 0.25) is 5.91 Å². The van der Waals surface area contributed by atoms with Crippen molar-refractivity contribution in [2.75, 3.05) is 0 Å². The molecule has 0 bridgehead atoms. The third-order valence-corrected chi connectivity index (χ3v) is 1.97. The second kappa shape index (κ2) is 2.84. The van der Waals surface area contributed by atoms with Crippen molar-refractivity contribution in [3.05, 3.63) is 0 Å². The highest BCUT2D eigenvalue weighted by Gasteiger charge is 2.32. The fraction of sp³-hybridized carbons (Fsp3) is 0.889. The lowest BCUT2D eigenvalue weighted by Crippen LogP contribution is -2.05. The van der Waals surface area contributed by atoms with Crippen LogP contribution in [0.15, 0.2) is 0 Å². The van der Waals surface area contributed by atoms with Crippen LogP contribution in [0.1, 0.15) is 40.0 Å². The SMILES string of the molecule is CC(C)(C)CCCC1NC1=O. The summed E-state index contributed by atoms with van der Waals surface area (Å²) in [4.78, 5) is 10.5. The van der Waals surface area contributed by atoms with Crippen LogP contribution in [0.3, 0.4) is 0 Å². The molecule has 0 saturated carbocycles. The third-order valence-electron chi connectivity index (χ3n) is 1.97. The van der Waals surface area contributed by atoms with Crippen LogP contribution in [-0.2, 0) is 4.79 Å². The Kier molecular flexibility index (Phi) is 2.21. The van der Waals surface area contributed by atoms with Gasteiger partial charge in [-0.15, -0.1) is 0 Å². The van der Waals surface area contributed by atoms with E-state index in [4.69, 9.17) is 0 Å². The van der Waals surface area contributed by atoms with E-state index in [9.17, 15) is 4.79 Å². The average Bonchev–Trinajstić information content (AvgIpc) is 2.43. The van der Waals surface area contributed by atoms with Gasteiger partial charge in [-0.1, -0.05) is 27.2 Å². The molecule has 2 heteroatoms. The van der Waals surface area contributed by atoms with E-state index in [1.54, 1.807) is 0 Å². The fourth-order valence-corrected chi connectivity index (χ4v) is 1.17. The van der Waals surface area contributed by atoms with Crippen molar-refractivity contribution >= 4 is 5.91 Å². The molecule has 0 spiro atoms. The zero-order valence-electron chi connectivity index (χ0n) is 7.61. The van der Waals surface area contributed by atoms with Crippen molar-refractivity contribution in [1.29, 1.82) is 0 Å². The molecule has 64 valence electrons. The van der Waals surface area contributed by atoms with Gasteiger partial charge in [0.05, 0.1) is 0 Å². The van der Waals surface area contributed by atoms with Gasteiger partial charge in [0.15, 0.2) is 0 Å². The number of carbonyl (C=O) groups excluding carboxylic acids is 1. The lowest BCUT2D eigenvalue weighted by Gasteiger charge is -2.16. The molecule has 1 aliphatic heterocycles. The number of amides is 1. The summed E-state index contributed by atoms with van der Waals surface area (Å²) in [5, 5.41) is 2.78. The van der Waals surface area contributed by atoms with Crippen molar-refractivity contribution in [3.63, 3.8) is 0 Å². The van der Waals surface area contributed by atoms with Crippen LogP contribution in [0.5, 0.6) is 0 Å². The predicted molar refractivity (Wildman–Crippen MR) is 45.2 cm³/mol. The lowest BCUT2D eigenvalue weighted by molar-refractivity contribution is -0.111. The molecule has 1 unspecified atom stereocenters. The van der Waals surface area contributed by atoms with Gasteiger partial charge in [0, 0.05) is 0 Å². The average molecular weight is 155 g/mol. The first-order chi connectivity index (χ1) is 4.99. The van der Waals surface area contributed by atoms with Crippen LogP contribution in [0.25, 0.3) is 0 Å². The summed E-state index contributed by atoms with van der Waals surface area (Å²) < 4.78 is 0. The van der Waals surface area contributed by atoms with E-state index in [0.29, 0.717) is 5.41 Å². The van der Waals surface area contributed by atoms with E-state index in [1.807, 2.05) is 0 Å². The molecule has 0 aromatic rings. The van der Waals surface area contributed by atoms with E-state index in [0.717, 1.165) is 12.8 Å². The quantitative estimate of drug-likeness (QED) is 0.619. The number of nitrogens with one attached hydrogen (secondary N) is 1. The van der Waals surface area contributed by atoms with Gasteiger partial charge >= 0.3 is 0 Å². The molecule has 2 nitrogen and oxygen atoms in total. The second-order valence-corrected chi connectivity index (χ2v) is 4.51. The van der Waals surface area contributed by atoms with Gasteiger partial charge in [0.1, 0.15) is 6.04 Å². The molecule has 1 atom stereocenters. The molecule has 0 aromatic heterocycles. The fourth-order valence-electron chi connectivity index (χ4n) is 1.17. The molecule has 0 aromatic carbocycles. The maximum atomic E-state index is 10.5. The molecular weight excluding hydrogens is 138 g/mol. The van der Waals surface area contributed by atoms with E-state index < -0.39 is 0 Å². The van der Waals surface area contributed by atoms with Gasteiger partial charge in [0.25, 0.3) is 0 Å². The molecular formula is C9H17NO. The summed E-state index contributed by atoms with van der Waals surface area (Å²) in [6.45, 7) is 6.69. The molecule has 0 aliphatic carbocycles. The van der Waals surface area contributed by atoms with Crippen LogP contribution in [0.2, 0.25) is 0 Å². The normalized spacial score (nSPS) is 23.2. The molecule has 1 N–H and O–H groups in total. The lowest BCUT2D eigenvalue weighted by atomic mass is 9.89. The van der Waals surface area contributed by atoms with Crippen LogP contribution < -0.4 is 5.32 Å². The number of hydrogen-bond acceptors (Lipinski definition) is 1. The Labute approximate surface area is 68.4 Å². The van der Waals surface area contributed by atoms with Gasteiger partial charge in [-0.25, -0.2) is 0 Å². The number of carbonyl (C=O) groups is 1. The van der Waals surface area contributed by atoms with Crippen molar-refractivity contribution in [2.24, 2.45) is 5.41 Å². The summed E-state index contributed by atoms with van der Waals surface area (Å²) in [6, 6.07) is 0.206. The Morgan fingerprint density at radius 2 is 2.00 bits per heavy atom.